The lowest BCUT2D eigenvalue weighted by Gasteiger charge is -2.08. The number of halogens is 1. The zero-order valence-corrected chi connectivity index (χ0v) is 10.6. The molecule has 0 radical (unpaired) electrons. The van der Waals surface area contributed by atoms with E-state index in [9.17, 15) is 9.18 Å². The van der Waals surface area contributed by atoms with Gasteiger partial charge in [0.1, 0.15) is 17.4 Å². The highest BCUT2D eigenvalue weighted by molar-refractivity contribution is 5.34. The Hall–Kier alpha value is -2.41. The first-order valence-corrected chi connectivity index (χ1v) is 5.97. The van der Waals surface area contributed by atoms with E-state index in [0.717, 1.165) is 0 Å². The van der Waals surface area contributed by atoms with E-state index in [-0.39, 0.29) is 16.9 Å². The van der Waals surface area contributed by atoms with Crippen LogP contribution in [0.15, 0.2) is 41.3 Å². The number of aromatic nitrogens is 1. The molecule has 0 aliphatic carbocycles. The molecule has 19 heavy (non-hydrogen) atoms. The van der Waals surface area contributed by atoms with Crippen molar-refractivity contribution in [3.05, 3.63) is 69.4 Å². The maximum Gasteiger partial charge on any atom is 0.268 e. The summed E-state index contributed by atoms with van der Waals surface area (Å²) in [5.41, 5.74) is 1.05. The first kappa shape index (κ1) is 13.0. The largest absolute Gasteiger partial charge is 0.314 e. The van der Waals surface area contributed by atoms with Gasteiger partial charge in [-0.3, -0.25) is 4.79 Å². The third-order valence-electron chi connectivity index (χ3n) is 3.07. The van der Waals surface area contributed by atoms with Gasteiger partial charge in [-0.05, 0) is 36.6 Å². The number of benzene rings is 1. The van der Waals surface area contributed by atoms with E-state index in [1.807, 2.05) is 6.07 Å². The van der Waals surface area contributed by atoms with Crippen molar-refractivity contribution in [2.75, 3.05) is 0 Å². The molecular weight excluding hydrogens is 243 g/mol. The first-order valence-electron chi connectivity index (χ1n) is 5.97. The molecular formula is C15H13FN2O. The van der Waals surface area contributed by atoms with Crippen LogP contribution in [0, 0.1) is 24.1 Å². The molecule has 1 heterocycles. The molecule has 0 aliphatic rings. The van der Waals surface area contributed by atoms with Crippen molar-refractivity contribution in [1.82, 2.24) is 4.57 Å². The number of aryl methyl sites for hydroxylation is 3. The Labute approximate surface area is 110 Å². The summed E-state index contributed by atoms with van der Waals surface area (Å²) in [6.07, 6.45) is 2.06. The molecule has 1 aromatic heterocycles. The Kier molecular flexibility index (Phi) is 3.76. The normalized spacial score (nSPS) is 10.2. The fourth-order valence-corrected chi connectivity index (χ4v) is 1.92. The highest BCUT2D eigenvalue weighted by atomic mass is 19.1. The van der Waals surface area contributed by atoms with E-state index in [1.165, 1.54) is 10.6 Å². The molecule has 0 unspecified atom stereocenters. The van der Waals surface area contributed by atoms with E-state index in [2.05, 4.69) is 0 Å². The summed E-state index contributed by atoms with van der Waals surface area (Å²) in [6.45, 7) is 2.08. The van der Waals surface area contributed by atoms with Crippen LogP contribution in [0.5, 0.6) is 0 Å². The van der Waals surface area contributed by atoms with Gasteiger partial charge in [0.15, 0.2) is 0 Å². The molecule has 0 saturated heterocycles. The molecule has 0 aliphatic heterocycles. The van der Waals surface area contributed by atoms with Gasteiger partial charge in [-0.1, -0.05) is 18.2 Å². The standard InChI is InChI=1S/C15H13FN2O/c1-11-6-8-18(15(19)13(11)10-17)9-7-12-4-2-3-5-14(12)16/h2-6,8H,7,9H2,1H3. The molecule has 3 nitrogen and oxygen atoms in total. The Balaban J connectivity index is 2.25. The molecule has 0 amide bonds. The van der Waals surface area contributed by atoms with Gasteiger partial charge in [-0.25, -0.2) is 4.39 Å². The molecule has 0 bridgehead atoms. The van der Waals surface area contributed by atoms with Crippen LogP contribution >= 0.6 is 0 Å². The predicted octanol–water partition coefficient (Wildman–Crippen LogP) is 2.41. The number of nitriles is 1. The third-order valence-corrected chi connectivity index (χ3v) is 3.07. The quantitative estimate of drug-likeness (QED) is 0.846. The van der Waals surface area contributed by atoms with Crippen LogP contribution in [0.2, 0.25) is 0 Å². The topological polar surface area (TPSA) is 45.8 Å². The van der Waals surface area contributed by atoms with Crippen molar-refractivity contribution in [2.24, 2.45) is 0 Å². The van der Waals surface area contributed by atoms with Gasteiger partial charge in [-0.2, -0.15) is 5.26 Å². The van der Waals surface area contributed by atoms with Crippen LogP contribution in [-0.4, -0.2) is 4.57 Å². The van der Waals surface area contributed by atoms with Gasteiger partial charge in [0.25, 0.3) is 5.56 Å². The Morgan fingerprint density at radius 3 is 2.74 bits per heavy atom. The molecule has 2 aromatic rings. The molecule has 4 heteroatoms. The third kappa shape index (κ3) is 2.71. The highest BCUT2D eigenvalue weighted by Gasteiger charge is 2.07. The van der Waals surface area contributed by atoms with E-state index < -0.39 is 0 Å². The number of hydrogen-bond acceptors (Lipinski definition) is 2. The van der Waals surface area contributed by atoms with Crippen molar-refractivity contribution in [2.45, 2.75) is 19.9 Å². The van der Waals surface area contributed by atoms with Gasteiger partial charge in [-0.15, -0.1) is 0 Å². The summed E-state index contributed by atoms with van der Waals surface area (Å²) >= 11 is 0. The highest BCUT2D eigenvalue weighted by Crippen LogP contribution is 2.08. The van der Waals surface area contributed by atoms with Crippen LogP contribution in [0.4, 0.5) is 4.39 Å². The van der Waals surface area contributed by atoms with Crippen LogP contribution in [0.3, 0.4) is 0 Å². The van der Waals surface area contributed by atoms with E-state index >= 15 is 0 Å². The lowest BCUT2D eigenvalue weighted by Crippen LogP contribution is -2.24. The lowest BCUT2D eigenvalue weighted by molar-refractivity contribution is 0.588. The summed E-state index contributed by atoms with van der Waals surface area (Å²) < 4.78 is 14.9. The minimum atomic E-state index is -0.321. The van der Waals surface area contributed by atoms with Crippen molar-refractivity contribution in [3.8, 4) is 6.07 Å². The Bertz CT molecular complexity index is 698. The predicted molar refractivity (Wildman–Crippen MR) is 70.3 cm³/mol. The molecule has 0 N–H and O–H groups in total. The fraction of sp³-hybridized carbons (Fsp3) is 0.200. The molecule has 1 aromatic carbocycles. The summed E-state index contributed by atoms with van der Waals surface area (Å²) in [5, 5.41) is 8.93. The lowest BCUT2D eigenvalue weighted by atomic mass is 10.1. The first-order chi connectivity index (χ1) is 9.13. The van der Waals surface area contributed by atoms with E-state index in [0.29, 0.717) is 24.1 Å². The maximum atomic E-state index is 13.5. The van der Waals surface area contributed by atoms with Gasteiger partial charge in [0.05, 0.1) is 0 Å². The van der Waals surface area contributed by atoms with E-state index in [4.69, 9.17) is 5.26 Å². The summed E-state index contributed by atoms with van der Waals surface area (Å²) in [7, 11) is 0. The molecule has 96 valence electrons. The van der Waals surface area contributed by atoms with Gasteiger partial charge in [0.2, 0.25) is 0 Å². The fourth-order valence-electron chi connectivity index (χ4n) is 1.92. The Morgan fingerprint density at radius 1 is 1.32 bits per heavy atom. The second-order valence-corrected chi connectivity index (χ2v) is 4.33. The molecule has 0 spiro atoms. The number of rotatable bonds is 3. The zero-order valence-electron chi connectivity index (χ0n) is 10.6. The minimum Gasteiger partial charge on any atom is -0.314 e. The van der Waals surface area contributed by atoms with Crippen LogP contribution in [-0.2, 0) is 13.0 Å². The van der Waals surface area contributed by atoms with Crippen molar-refractivity contribution in [3.63, 3.8) is 0 Å². The zero-order chi connectivity index (χ0) is 13.8. The van der Waals surface area contributed by atoms with Crippen LogP contribution in [0.25, 0.3) is 0 Å². The molecule has 0 saturated carbocycles. The SMILES string of the molecule is Cc1ccn(CCc2ccccc2F)c(=O)c1C#N. The average Bonchev–Trinajstić information content (AvgIpc) is 2.40. The summed E-state index contributed by atoms with van der Waals surface area (Å²) in [6, 6.07) is 10.1. The van der Waals surface area contributed by atoms with Crippen molar-refractivity contribution in [1.29, 1.82) is 5.26 Å². The van der Waals surface area contributed by atoms with E-state index in [1.54, 1.807) is 37.4 Å². The number of hydrogen-bond donors (Lipinski definition) is 0. The second kappa shape index (κ2) is 5.49. The second-order valence-electron chi connectivity index (χ2n) is 4.33. The average molecular weight is 256 g/mol. The molecule has 0 atom stereocenters. The van der Waals surface area contributed by atoms with Crippen molar-refractivity contribution < 1.29 is 4.39 Å². The number of nitrogens with zero attached hydrogens (tertiary/aromatic N) is 2. The maximum absolute atomic E-state index is 13.5. The Morgan fingerprint density at radius 2 is 2.05 bits per heavy atom. The van der Waals surface area contributed by atoms with Gasteiger partial charge < -0.3 is 4.57 Å². The van der Waals surface area contributed by atoms with Gasteiger partial charge >= 0.3 is 0 Å². The van der Waals surface area contributed by atoms with Gasteiger partial charge in [0, 0.05) is 12.7 Å². The monoisotopic (exact) mass is 256 g/mol. The summed E-state index contributed by atoms with van der Waals surface area (Å²) in [4.78, 5) is 12.0. The van der Waals surface area contributed by atoms with Crippen LogP contribution in [0.1, 0.15) is 16.7 Å². The van der Waals surface area contributed by atoms with Crippen molar-refractivity contribution >= 4 is 0 Å². The molecule has 2 rings (SSSR count). The molecule has 0 fully saturated rings. The smallest absolute Gasteiger partial charge is 0.268 e. The van der Waals surface area contributed by atoms with Crippen LogP contribution < -0.4 is 5.56 Å². The minimum absolute atomic E-state index is 0.149. The number of pyridine rings is 1. The summed E-state index contributed by atoms with van der Waals surface area (Å²) in [5.74, 6) is -0.275.